The van der Waals surface area contributed by atoms with Crippen molar-refractivity contribution in [3.63, 3.8) is 0 Å². The van der Waals surface area contributed by atoms with E-state index in [-0.39, 0.29) is 21.3 Å². The highest BCUT2D eigenvalue weighted by Crippen LogP contribution is 2.29. The Labute approximate surface area is 156 Å². The number of esters is 1. The van der Waals surface area contributed by atoms with Crippen LogP contribution in [0, 0.1) is 11.3 Å². The molecule has 1 saturated carbocycles. The van der Waals surface area contributed by atoms with Gasteiger partial charge < -0.3 is 15.8 Å². The lowest BCUT2D eigenvalue weighted by atomic mass is 9.83. The minimum absolute atomic E-state index is 0.00943. The van der Waals surface area contributed by atoms with E-state index in [1.807, 2.05) is 0 Å². The normalized spacial score (nSPS) is 17.2. The molecule has 1 aliphatic rings. The maximum absolute atomic E-state index is 12.3. The second-order valence-corrected chi connectivity index (χ2v) is 6.98. The summed E-state index contributed by atoms with van der Waals surface area (Å²) in [6.45, 7) is 1.43. The van der Waals surface area contributed by atoms with Crippen LogP contribution in [0.1, 0.15) is 49.4 Å². The summed E-state index contributed by atoms with van der Waals surface area (Å²) in [6, 6.07) is 4.92. The van der Waals surface area contributed by atoms with Gasteiger partial charge in [0.25, 0.3) is 5.91 Å². The molecule has 134 valence electrons. The zero-order chi connectivity index (χ0) is 18.6. The van der Waals surface area contributed by atoms with Gasteiger partial charge in [-0.2, -0.15) is 5.26 Å². The van der Waals surface area contributed by atoms with Crippen molar-refractivity contribution in [1.29, 1.82) is 5.26 Å². The number of benzene rings is 1. The summed E-state index contributed by atoms with van der Waals surface area (Å²) in [7, 11) is 0. The van der Waals surface area contributed by atoms with E-state index in [2.05, 4.69) is 11.4 Å². The van der Waals surface area contributed by atoms with E-state index in [1.54, 1.807) is 0 Å². The first kappa shape index (κ1) is 19.4. The largest absolute Gasteiger partial charge is 0.449 e. The molecule has 0 bridgehead atoms. The number of carbonyl (C=O) groups excluding carboxylic acids is 2. The van der Waals surface area contributed by atoms with Gasteiger partial charge in [-0.25, -0.2) is 4.79 Å². The third-order valence-electron chi connectivity index (χ3n) is 4.25. The van der Waals surface area contributed by atoms with E-state index in [0.29, 0.717) is 12.8 Å². The number of rotatable bonds is 4. The van der Waals surface area contributed by atoms with Crippen LogP contribution in [0.2, 0.25) is 10.0 Å². The monoisotopic (exact) mass is 383 g/mol. The molecule has 1 unspecified atom stereocenters. The third-order valence-corrected chi connectivity index (χ3v) is 4.78. The zero-order valence-electron chi connectivity index (χ0n) is 13.8. The fourth-order valence-electron chi connectivity index (χ4n) is 2.79. The molecule has 1 fully saturated rings. The number of ether oxygens (including phenoxy) is 1. The Kier molecular flexibility index (Phi) is 6.15. The highest BCUT2D eigenvalue weighted by Gasteiger charge is 2.35. The second-order valence-electron chi connectivity index (χ2n) is 6.14. The number of amides is 1. The highest BCUT2D eigenvalue weighted by atomic mass is 35.5. The maximum atomic E-state index is 12.3. The molecular weight excluding hydrogens is 365 g/mol. The minimum Gasteiger partial charge on any atom is -0.449 e. The molecule has 0 saturated heterocycles. The Balaban J connectivity index is 2.06. The Morgan fingerprint density at radius 1 is 1.32 bits per heavy atom. The van der Waals surface area contributed by atoms with Crippen LogP contribution in [0.5, 0.6) is 0 Å². The van der Waals surface area contributed by atoms with Gasteiger partial charge in [-0.1, -0.05) is 42.5 Å². The van der Waals surface area contributed by atoms with Gasteiger partial charge in [-0.3, -0.25) is 4.79 Å². The predicted octanol–water partition coefficient (Wildman–Crippen LogP) is 3.46. The number of nitrogen functional groups attached to an aromatic ring is 1. The summed E-state index contributed by atoms with van der Waals surface area (Å²) in [5.74, 6) is -1.33. The molecule has 2 rings (SSSR count). The molecule has 0 aliphatic heterocycles. The first-order valence-corrected chi connectivity index (χ1v) is 8.72. The molecule has 0 radical (unpaired) electrons. The molecule has 25 heavy (non-hydrogen) atoms. The van der Waals surface area contributed by atoms with E-state index in [1.165, 1.54) is 19.1 Å². The van der Waals surface area contributed by atoms with Gasteiger partial charge in [-0.15, -0.1) is 0 Å². The summed E-state index contributed by atoms with van der Waals surface area (Å²) in [6.07, 6.45) is 2.88. The van der Waals surface area contributed by atoms with Crippen LogP contribution in [0.15, 0.2) is 12.1 Å². The molecule has 8 heteroatoms. The van der Waals surface area contributed by atoms with Gasteiger partial charge in [0.2, 0.25) is 0 Å². The average molecular weight is 384 g/mol. The highest BCUT2D eigenvalue weighted by molar-refractivity contribution is 6.37. The van der Waals surface area contributed by atoms with Gasteiger partial charge >= 0.3 is 5.97 Å². The molecule has 1 aromatic carbocycles. The summed E-state index contributed by atoms with van der Waals surface area (Å²) in [5.41, 5.74) is 4.89. The number of carbonyl (C=O) groups is 2. The molecular formula is C17H19Cl2N3O3. The lowest BCUT2D eigenvalue weighted by molar-refractivity contribution is -0.130. The first-order valence-electron chi connectivity index (χ1n) is 7.97. The number of nitrogens with zero attached hydrogens (tertiary/aromatic N) is 1. The van der Waals surface area contributed by atoms with Gasteiger partial charge in [0, 0.05) is 5.02 Å². The molecule has 1 aromatic rings. The number of hydrogen-bond acceptors (Lipinski definition) is 5. The number of anilines is 1. The van der Waals surface area contributed by atoms with Crippen molar-refractivity contribution in [3.05, 3.63) is 27.7 Å². The van der Waals surface area contributed by atoms with Crippen molar-refractivity contribution >= 4 is 40.8 Å². The Morgan fingerprint density at radius 2 is 1.96 bits per heavy atom. The van der Waals surface area contributed by atoms with E-state index in [9.17, 15) is 14.9 Å². The predicted molar refractivity (Wildman–Crippen MR) is 95.3 cm³/mol. The molecule has 1 amide bonds. The van der Waals surface area contributed by atoms with Crippen LogP contribution >= 0.6 is 23.2 Å². The third kappa shape index (κ3) is 4.56. The van der Waals surface area contributed by atoms with Crippen LogP contribution < -0.4 is 11.1 Å². The van der Waals surface area contributed by atoms with Gasteiger partial charge in [0.05, 0.1) is 22.3 Å². The molecule has 1 aliphatic carbocycles. The fraction of sp³-hybridized carbons (Fsp3) is 0.471. The molecule has 6 nitrogen and oxygen atoms in total. The zero-order valence-corrected chi connectivity index (χ0v) is 15.3. The van der Waals surface area contributed by atoms with Crippen molar-refractivity contribution < 1.29 is 14.3 Å². The molecule has 0 spiro atoms. The van der Waals surface area contributed by atoms with Crippen LogP contribution in [0.4, 0.5) is 5.69 Å². The van der Waals surface area contributed by atoms with Crippen LogP contribution in [-0.4, -0.2) is 23.5 Å². The van der Waals surface area contributed by atoms with Gasteiger partial charge in [0.15, 0.2) is 6.10 Å². The smallest absolute Gasteiger partial charge is 0.341 e. The number of nitrogens with one attached hydrogen (secondary N) is 1. The SMILES string of the molecule is CC(OC(=O)c1cc(Cl)cc(Cl)c1N)C(=O)NC1(C#N)CCCCC1. The summed E-state index contributed by atoms with van der Waals surface area (Å²) in [4.78, 5) is 24.6. The van der Waals surface area contributed by atoms with Crippen molar-refractivity contribution in [3.8, 4) is 6.07 Å². The molecule has 3 N–H and O–H groups in total. The van der Waals surface area contributed by atoms with Crippen LogP contribution in [-0.2, 0) is 9.53 Å². The maximum Gasteiger partial charge on any atom is 0.341 e. The fourth-order valence-corrected chi connectivity index (χ4v) is 3.28. The van der Waals surface area contributed by atoms with Gasteiger partial charge in [0.1, 0.15) is 5.54 Å². The Hall–Kier alpha value is -1.97. The Bertz CT molecular complexity index is 725. The van der Waals surface area contributed by atoms with Gasteiger partial charge in [-0.05, 0) is 31.9 Å². The van der Waals surface area contributed by atoms with E-state index in [4.69, 9.17) is 33.7 Å². The van der Waals surface area contributed by atoms with Crippen molar-refractivity contribution in [2.24, 2.45) is 0 Å². The van der Waals surface area contributed by atoms with E-state index in [0.717, 1.165) is 19.3 Å². The topological polar surface area (TPSA) is 105 Å². The van der Waals surface area contributed by atoms with Crippen molar-refractivity contribution in [1.82, 2.24) is 5.32 Å². The van der Waals surface area contributed by atoms with Crippen LogP contribution in [0.25, 0.3) is 0 Å². The van der Waals surface area contributed by atoms with Crippen LogP contribution in [0.3, 0.4) is 0 Å². The average Bonchev–Trinajstić information content (AvgIpc) is 2.58. The standard InChI is InChI=1S/C17H19Cl2N3O3/c1-10(15(23)22-17(9-20)5-3-2-4-6-17)25-16(24)12-7-11(18)8-13(19)14(12)21/h7-8,10H,2-6,21H2,1H3,(H,22,23). The number of hydrogen-bond donors (Lipinski definition) is 2. The first-order chi connectivity index (χ1) is 11.8. The number of nitrogens with two attached hydrogens (primary N) is 1. The molecule has 1 atom stereocenters. The lowest BCUT2D eigenvalue weighted by Gasteiger charge is -2.32. The number of nitriles is 1. The van der Waals surface area contributed by atoms with E-state index >= 15 is 0 Å². The minimum atomic E-state index is -1.09. The molecule has 0 aromatic heterocycles. The molecule has 0 heterocycles. The van der Waals surface area contributed by atoms with Crippen molar-refractivity contribution in [2.45, 2.75) is 50.7 Å². The second kappa shape index (κ2) is 7.94. The summed E-state index contributed by atoms with van der Waals surface area (Å²) >= 11 is 11.8. The summed E-state index contributed by atoms with van der Waals surface area (Å²) in [5, 5.41) is 12.5. The summed E-state index contributed by atoms with van der Waals surface area (Å²) < 4.78 is 5.16. The lowest BCUT2D eigenvalue weighted by Crippen LogP contribution is -2.52. The van der Waals surface area contributed by atoms with Crippen molar-refractivity contribution in [2.75, 3.05) is 5.73 Å². The quantitative estimate of drug-likeness (QED) is 0.611. The number of halogens is 2. The Morgan fingerprint density at radius 3 is 2.56 bits per heavy atom. The van der Waals surface area contributed by atoms with E-state index < -0.39 is 23.5 Å².